The maximum absolute atomic E-state index is 13.4. The van der Waals surface area contributed by atoms with Gasteiger partial charge in [0.2, 0.25) is 11.5 Å². The van der Waals surface area contributed by atoms with Crippen LogP contribution in [0.15, 0.2) is 66.9 Å². The number of halogens is 3. The van der Waals surface area contributed by atoms with Crippen molar-refractivity contribution < 1.29 is 32.3 Å². The zero-order valence-corrected chi connectivity index (χ0v) is 21.4. The average Bonchev–Trinajstić information content (AvgIpc) is 3.44. The number of likely N-dealkylation sites (tertiary alicyclic amines) is 1. The Labute approximate surface area is 227 Å². The Balaban J connectivity index is 1.25. The van der Waals surface area contributed by atoms with Crippen molar-refractivity contribution in [3.05, 3.63) is 89.1 Å². The quantitative estimate of drug-likeness (QED) is 0.513. The largest absolute Gasteiger partial charge is 0.472 e. The Morgan fingerprint density at radius 2 is 1.93 bits per heavy atom. The number of nitrogens with one attached hydrogen (secondary N) is 2. The van der Waals surface area contributed by atoms with Crippen LogP contribution in [0.25, 0.3) is 0 Å². The second-order valence-corrected chi connectivity index (χ2v) is 10.4. The highest BCUT2D eigenvalue weighted by Gasteiger charge is 2.54. The van der Waals surface area contributed by atoms with E-state index in [0.29, 0.717) is 22.7 Å². The van der Waals surface area contributed by atoms with Crippen LogP contribution < -0.4 is 15.4 Å². The third kappa shape index (κ3) is 4.35. The molecule has 2 N–H and O–H groups in total. The summed E-state index contributed by atoms with van der Waals surface area (Å²) in [5.41, 5.74) is 0.912. The molecular formula is C29H25F3N4O4. The van der Waals surface area contributed by atoms with Gasteiger partial charge in [-0.2, -0.15) is 13.2 Å². The molecule has 2 aromatic carbocycles. The number of nitrogens with zero attached hydrogens (tertiary/aromatic N) is 2. The van der Waals surface area contributed by atoms with Crippen molar-refractivity contribution in [2.75, 3.05) is 11.9 Å². The van der Waals surface area contributed by atoms with E-state index >= 15 is 0 Å². The van der Waals surface area contributed by atoms with Crippen molar-refractivity contribution in [3.8, 4) is 5.75 Å². The van der Waals surface area contributed by atoms with E-state index in [1.807, 2.05) is 12.1 Å². The highest BCUT2D eigenvalue weighted by Crippen LogP contribution is 2.47. The molecular weight excluding hydrogens is 525 g/mol. The van der Waals surface area contributed by atoms with Crippen molar-refractivity contribution >= 4 is 23.5 Å². The third-order valence-corrected chi connectivity index (χ3v) is 7.92. The van der Waals surface area contributed by atoms with E-state index in [1.54, 1.807) is 55.6 Å². The van der Waals surface area contributed by atoms with Crippen LogP contribution >= 0.6 is 0 Å². The molecule has 0 aliphatic carbocycles. The van der Waals surface area contributed by atoms with Gasteiger partial charge in [0.05, 0.1) is 0 Å². The van der Waals surface area contributed by atoms with Gasteiger partial charge >= 0.3 is 6.18 Å². The van der Waals surface area contributed by atoms with E-state index in [-0.39, 0.29) is 24.3 Å². The van der Waals surface area contributed by atoms with Crippen molar-refractivity contribution in [2.45, 2.75) is 49.5 Å². The van der Waals surface area contributed by atoms with Crippen LogP contribution in [0.2, 0.25) is 0 Å². The SMILES string of the molecule is CC1C(c2ccccc2)CC(NC(=O)c2ccc3c(c2)CC2(O3)C(=O)Nc3ncccc32)C(=O)N1CC(F)(F)F. The van der Waals surface area contributed by atoms with Crippen molar-refractivity contribution in [3.63, 3.8) is 0 Å². The second kappa shape index (κ2) is 9.35. The molecule has 3 aromatic rings. The Bertz CT molecular complexity index is 1510. The number of benzene rings is 2. The summed E-state index contributed by atoms with van der Waals surface area (Å²) in [5.74, 6) is -1.29. The first kappa shape index (κ1) is 25.8. The maximum atomic E-state index is 13.4. The lowest BCUT2D eigenvalue weighted by Gasteiger charge is -2.43. The van der Waals surface area contributed by atoms with E-state index < -0.39 is 48.1 Å². The van der Waals surface area contributed by atoms with Gasteiger partial charge in [0, 0.05) is 35.7 Å². The summed E-state index contributed by atoms with van der Waals surface area (Å²) in [6.45, 7) is 0.196. The van der Waals surface area contributed by atoms with E-state index in [9.17, 15) is 27.6 Å². The van der Waals surface area contributed by atoms with Gasteiger partial charge in [-0.1, -0.05) is 30.3 Å². The second-order valence-electron chi connectivity index (χ2n) is 10.4. The van der Waals surface area contributed by atoms with Crippen molar-refractivity contribution in [2.24, 2.45) is 0 Å². The molecule has 206 valence electrons. The van der Waals surface area contributed by atoms with E-state index in [2.05, 4.69) is 15.6 Å². The average molecular weight is 551 g/mol. The standard InChI is InChI=1S/C29H25F3N4O4/c1-16-20(17-6-3-2-4-7-17)13-22(26(38)36(16)15-29(30,31)32)34-25(37)18-9-10-23-19(12-18)14-28(40-23)21-8-5-11-33-24(21)35-27(28)39/h2-12,16,20,22H,13-15H2,1H3,(H,34,37)(H,33,35,39). The zero-order chi connectivity index (χ0) is 28.2. The number of carbonyl (C=O) groups is 3. The predicted molar refractivity (Wildman–Crippen MR) is 138 cm³/mol. The number of alkyl halides is 3. The Hall–Kier alpha value is -4.41. The van der Waals surface area contributed by atoms with E-state index in [0.717, 1.165) is 10.5 Å². The van der Waals surface area contributed by atoms with E-state index in [1.165, 1.54) is 6.07 Å². The number of pyridine rings is 1. The number of ether oxygens (including phenoxy) is 1. The fourth-order valence-electron chi connectivity index (χ4n) is 5.95. The third-order valence-electron chi connectivity index (χ3n) is 7.92. The molecule has 0 bridgehead atoms. The van der Waals surface area contributed by atoms with Crippen LogP contribution in [0.4, 0.5) is 19.0 Å². The normalized spacial score (nSPS) is 25.3. The number of amides is 3. The van der Waals surface area contributed by atoms with Gasteiger partial charge in [-0.3, -0.25) is 14.4 Å². The Morgan fingerprint density at radius 1 is 1.15 bits per heavy atom. The molecule has 3 aliphatic rings. The molecule has 40 heavy (non-hydrogen) atoms. The molecule has 1 spiro atoms. The van der Waals surface area contributed by atoms with Crippen molar-refractivity contribution in [1.82, 2.24) is 15.2 Å². The highest BCUT2D eigenvalue weighted by atomic mass is 19.4. The number of rotatable bonds is 4. The molecule has 4 heterocycles. The van der Waals surface area contributed by atoms with Gasteiger partial charge in [0.25, 0.3) is 11.8 Å². The Kier molecular flexibility index (Phi) is 6.04. The minimum Gasteiger partial charge on any atom is -0.472 e. The number of carbonyl (C=O) groups excluding carboxylic acids is 3. The molecule has 4 atom stereocenters. The van der Waals surface area contributed by atoms with Crippen LogP contribution in [-0.2, 0) is 21.6 Å². The predicted octanol–water partition coefficient (Wildman–Crippen LogP) is 3.93. The van der Waals surface area contributed by atoms with Gasteiger partial charge in [-0.05, 0) is 54.8 Å². The van der Waals surface area contributed by atoms with Crippen molar-refractivity contribution in [1.29, 1.82) is 0 Å². The van der Waals surface area contributed by atoms with Gasteiger partial charge in [-0.15, -0.1) is 0 Å². The lowest BCUT2D eigenvalue weighted by Crippen LogP contribution is -2.59. The van der Waals surface area contributed by atoms with Crippen LogP contribution in [0.3, 0.4) is 0 Å². The van der Waals surface area contributed by atoms with Crippen LogP contribution in [-0.4, -0.2) is 52.4 Å². The first-order chi connectivity index (χ1) is 19.1. The monoisotopic (exact) mass is 550 g/mol. The molecule has 11 heteroatoms. The summed E-state index contributed by atoms with van der Waals surface area (Å²) < 4.78 is 46.3. The number of fused-ring (bicyclic) bond motifs is 3. The molecule has 1 aromatic heterocycles. The summed E-state index contributed by atoms with van der Waals surface area (Å²) in [6, 6.07) is 15.3. The van der Waals surface area contributed by atoms with Gasteiger partial charge in [0.1, 0.15) is 24.2 Å². The minimum absolute atomic E-state index is 0.158. The topological polar surface area (TPSA) is 101 Å². The lowest BCUT2D eigenvalue weighted by atomic mass is 9.81. The van der Waals surface area contributed by atoms with E-state index in [4.69, 9.17) is 4.74 Å². The van der Waals surface area contributed by atoms with Crippen LogP contribution in [0, 0.1) is 0 Å². The number of hydrogen-bond donors (Lipinski definition) is 2. The molecule has 8 nitrogen and oxygen atoms in total. The summed E-state index contributed by atoms with van der Waals surface area (Å²) in [5, 5.41) is 5.40. The molecule has 0 radical (unpaired) electrons. The molecule has 4 unspecified atom stereocenters. The van der Waals surface area contributed by atoms with Crippen LogP contribution in [0.1, 0.15) is 46.3 Å². The smallest absolute Gasteiger partial charge is 0.406 e. The number of hydrogen-bond acceptors (Lipinski definition) is 5. The summed E-state index contributed by atoms with van der Waals surface area (Å²) in [6.07, 6.45) is -2.70. The number of anilines is 1. The fraction of sp³-hybridized carbons (Fsp3) is 0.310. The molecule has 1 saturated heterocycles. The lowest BCUT2D eigenvalue weighted by molar-refractivity contribution is -0.170. The van der Waals surface area contributed by atoms with Gasteiger partial charge < -0.3 is 20.3 Å². The molecule has 1 fully saturated rings. The Morgan fingerprint density at radius 3 is 2.67 bits per heavy atom. The summed E-state index contributed by atoms with van der Waals surface area (Å²) in [4.78, 5) is 44.4. The number of piperidine rings is 1. The zero-order valence-electron chi connectivity index (χ0n) is 21.4. The maximum Gasteiger partial charge on any atom is 0.406 e. The molecule has 0 saturated carbocycles. The highest BCUT2D eigenvalue weighted by molar-refractivity contribution is 6.05. The number of aromatic nitrogens is 1. The van der Waals surface area contributed by atoms with Gasteiger partial charge in [-0.25, -0.2) is 4.98 Å². The molecule has 3 amide bonds. The first-order valence-corrected chi connectivity index (χ1v) is 12.9. The molecule has 6 rings (SSSR count). The van der Waals surface area contributed by atoms with Crippen LogP contribution in [0.5, 0.6) is 5.75 Å². The fourth-order valence-corrected chi connectivity index (χ4v) is 5.95. The summed E-state index contributed by atoms with van der Waals surface area (Å²) >= 11 is 0. The van der Waals surface area contributed by atoms with Gasteiger partial charge in [0.15, 0.2) is 0 Å². The minimum atomic E-state index is -4.59. The first-order valence-electron chi connectivity index (χ1n) is 12.9. The summed E-state index contributed by atoms with van der Waals surface area (Å²) in [7, 11) is 0. The molecule has 3 aliphatic heterocycles.